The van der Waals surface area contributed by atoms with Crippen molar-refractivity contribution >= 4 is 43.3 Å². The summed E-state index contributed by atoms with van der Waals surface area (Å²) in [5.74, 6) is -0.465. The first kappa shape index (κ1) is 26.8. The molecule has 0 saturated carbocycles. The van der Waals surface area contributed by atoms with Crippen molar-refractivity contribution in [2.75, 3.05) is 14.8 Å². The van der Waals surface area contributed by atoms with Gasteiger partial charge in [0.15, 0.2) is 0 Å². The fourth-order valence-corrected chi connectivity index (χ4v) is 5.69. The molecule has 1 amide bonds. The number of nitrogens with one attached hydrogen (secondary N) is 3. The summed E-state index contributed by atoms with van der Waals surface area (Å²) < 4.78 is 55.5. The second kappa shape index (κ2) is 10.6. The van der Waals surface area contributed by atoms with Gasteiger partial charge < -0.3 is 5.32 Å². The Morgan fingerprint density at radius 2 is 1.26 bits per heavy atom. The average Bonchev–Trinajstić information content (AvgIpc) is 2.85. The maximum absolute atomic E-state index is 12.8. The van der Waals surface area contributed by atoms with Gasteiger partial charge in [-0.05, 0) is 87.0 Å². The van der Waals surface area contributed by atoms with Crippen molar-refractivity contribution in [1.82, 2.24) is 9.97 Å². The smallest absolute Gasteiger partial charge is 0.264 e. The molecular formula is C26H25N5O5S2. The van der Waals surface area contributed by atoms with Crippen LogP contribution >= 0.6 is 0 Å². The Hall–Kier alpha value is -4.29. The molecule has 3 aromatic carbocycles. The van der Waals surface area contributed by atoms with Crippen molar-refractivity contribution in [3.8, 4) is 0 Å². The number of aryl methyl sites for hydroxylation is 3. The third-order valence-electron chi connectivity index (χ3n) is 5.42. The third-order valence-corrected chi connectivity index (χ3v) is 8.14. The normalized spacial score (nSPS) is 11.6. The molecule has 0 aliphatic carbocycles. The van der Waals surface area contributed by atoms with Gasteiger partial charge in [-0.1, -0.05) is 18.2 Å². The second-order valence-corrected chi connectivity index (χ2v) is 11.9. The van der Waals surface area contributed by atoms with E-state index in [2.05, 4.69) is 24.7 Å². The number of benzene rings is 3. The van der Waals surface area contributed by atoms with Crippen molar-refractivity contribution in [2.45, 2.75) is 30.6 Å². The minimum atomic E-state index is -3.93. The number of carbonyl (C=O) groups excluding carboxylic acids is 1. The molecule has 3 N–H and O–H groups in total. The van der Waals surface area contributed by atoms with Crippen LogP contribution in [0.2, 0.25) is 0 Å². The predicted molar refractivity (Wildman–Crippen MR) is 145 cm³/mol. The minimum Gasteiger partial charge on any atom is -0.322 e. The topological polar surface area (TPSA) is 147 Å². The Morgan fingerprint density at radius 3 is 1.87 bits per heavy atom. The molecule has 12 heteroatoms. The molecule has 196 valence electrons. The van der Waals surface area contributed by atoms with Crippen LogP contribution in [-0.4, -0.2) is 32.7 Å². The quantitative estimate of drug-likeness (QED) is 0.296. The molecule has 4 rings (SSSR count). The molecule has 0 bridgehead atoms. The summed E-state index contributed by atoms with van der Waals surface area (Å²) >= 11 is 0. The van der Waals surface area contributed by atoms with Gasteiger partial charge in [-0.15, -0.1) is 0 Å². The van der Waals surface area contributed by atoms with Crippen molar-refractivity contribution < 1.29 is 21.6 Å². The first-order valence-electron chi connectivity index (χ1n) is 11.4. The largest absolute Gasteiger partial charge is 0.322 e. The maximum Gasteiger partial charge on any atom is 0.264 e. The highest BCUT2D eigenvalue weighted by Gasteiger charge is 2.18. The molecule has 4 aromatic rings. The highest BCUT2D eigenvalue weighted by Crippen LogP contribution is 2.22. The van der Waals surface area contributed by atoms with Crippen LogP contribution in [0, 0.1) is 20.8 Å². The van der Waals surface area contributed by atoms with E-state index in [4.69, 9.17) is 0 Å². The molecule has 0 saturated heterocycles. The number of nitrogens with zero attached hydrogens (tertiary/aromatic N) is 2. The Kier molecular flexibility index (Phi) is 7.46. The summed E-state index contributed by atoms with van der Waals surface area (Å²) in [5, 5.41) is 2.70. The van der Waals surface area contributed by atoms with Gasteiger partial charge in [-0.3, -0.25) is 9.52 Å². The molecule has 10 nitrogen and oxygen atoms in total. The van der Waals surface area contributed by atoms with Gasteiger partial charge >= 0.3 is 0 Å². The zero-order chi connectivity index (χ0) is 27.5. The standard InChI is InChI=1S/C26H25N5O5S2/c1-17-15-20(9-14-24(17)30-37(33,34)22-7-5-4-6-8-22)25(32)29-21-10-12-23(13-11-21)38(35,36)31-26-27-18(2)16-19(3)28-26/h4-16,30H,1-3H3,(H,29,32)(H,27,28,31). The zero-order valence-electron chi connectivity index (χ0n) is 20.8. The minimum absolute atomic E-state index is 0.0234. The monoisotopic (exact) mass is 551 g/mol. The summed E-state index contributed by atoms with van der Waals surface area (Å²) in [7, 11) is -7.70. The first-order chi connectivity index (χ1) is 17.9. The van der Waals surface area contributed by atoms with Crippen molar-refractivity contribution in [3.05, 3.63) is 101 Å². The van der Waals surface area contributed by atoms with Crippen molar-refractivity contribution in [1.29, 1.82) is 0 Å². The van der Waals surface area contributed by atoms with E-state index in [1.54, 1.807) is 51.1 Å². The lowest BCUT2D eigenvalue weighted by Crippen LogP contribution is -2.16. The molecule has 1 heterocycles. The van der Waals surface area contributed by atoms with E-state index >= 15 is 0 Å². The van der Waals surface area contributed by atoms with Crippen LogP contribution in [0.3, 0.4) is 0 Å². The van der Waals surface area contributed by atoms with Gasteiger partial charge in [0.05, 0.1) is 15.5 Å². The molecular weight excluding hydrogens is 526 g/mol. The highest BCUT2D eigenvalue weighted by atomic mass is 32.2. The number of anilines is 3. The molecule has 0 atom stereocenters. The average molecular weight is 552 g/mol. The van der Waals surface area contributed by atoms with Gasteiger partial charge in [0.1, 0.15) is 0 Å². The second-order valence-electron chi connectivity index (χ2n) is 8.51. The number of sulfonamides is 2. The molecule has 0 spiro atoms. The molecule has 0 aliphatic heterocycles. The Morgan fingerprint density at radius 1 is 0.684 bits per heavy atom. The van der Waals surface area contributed by atoms with Crippen LogP contribution in [0.4, 0.5) is 17.3 Å². The fourth-order valence-electron chi connectivity index (χ4n) is 3.59. The fraction of sp³-hybridized carbons (Fsp3) is 0.115. The van der Waals surface area contributed by atoms with Gasteiger partial charge in [-0.2, -0.15) is 0 Å². The predicted octanol–water partition coefficient (Wildman–Crippen LogP) is 4.26. The molecule has 0 radical (unpaired) electrons. The third kappa shape index (κ3) is 6.33. The molecule has 0 unspecified atom stereocenters. The summed E-state index contributed by atoms with van der Waals surface area (Å²) in [6, 6.07) is 19.9. The van der Waals surface area contributed by atoms with Gasteiger partial charge in [0.25, 0.3) is 26.0 Å². The van der Waals surface area contributed by atoms with E-state index < -0.39 is 26.0 Å². The van der Waals surface area contributed by atoms with Crippen molar-refractivity contribution in [3.63, 3.8) is 0 Å². The van der Waals surface area contributed by atoms with Crippen LogP contribution in [0.5, 0.6) is 0 Å². The van der Waals surface area contributed by atoms with E-state index in [0.717, 1.165) is 0 Å². The highest BCUT2D eigenvalue weighted by molar-refractivity contribution is 7.93. The number of amides is 1. The number of hydrogen-bond acceptors (Lipinski definition) is 7. The van der Waals surface area contributed by atoms with Crippen LogP contribution in [0.25, 0.3) is 0 Å². The molecule has 0 fully saturated rings. The maximum atomic E-state index is 12.8. The van der Waals surface area contributed by atoms with Gasteiger partial charge in [0.2, 0.25) is 5.95 Å². The number of rotatable bonds is 8. The lowest BCUT2D eigenvalue weighted by molar-refractivity contribution is 0.102. The first-order valence-corrected chi connectivity index (χ1v) is 14.3. The molecule has 38 heavy (non-hydrogen) atoms. The van der Waals surface area contributed by atoms with E-state index in [9.17, 15) is 21.6 Å². The number of hydrogen-bond donors (Lipinski definition) is 3. The zero-order valence-corrected chi connectivity index (χ0v) is 22.4. The Balaban J connectivity index is 1.44. The lowest BCUT2D eigenvalue weighted by Gasteiger charge is -2.12. The van der Waals surface area contributed by atoms with Crippen molar-refractivity contribution in [2.24, 2.45) is 0 Å². The van der Waals surface area contributed by atoms with E-state index in [-0.39, 0.29) is 15.7 Å². The van der Waals surface area contributed by atoms with Crippen LogP contribution < -0.4 is 14.8 Å². The summed E-state index contributed by atoms with van der Waals surface area (Å²) in [6.45, 7) is 5.16. The van der Waals surface area contributed by atoms with Crippen LogP contribution in [-0.2, 0) is 20.0 Å². The SMILES string of the molecule is Cc1cc(C)nc(NS(=O)(=O)c2ccc(NC(=O)c3ccc(NS(=O)(=O)c4ccccc4)c(C)c3)cc2)n1. The van der Waals surface area contributed by atoms with E-state index in [0.29, 0.717) is 33.9 Å². The molecule has 0 aliphatic rings. The van der Waals surface area contributed by atoms with Gasteiger partial charge in [-0.25, -0.2) is 31.5 Å². The Labute approximate surface area is 221 Å². The number of carbonyl (C=O) groups is 1. The number of aromatic nitrogens is 2. The lowest BCUT2D eigenvalue weighted by atomic mass is 10.1. The van der Waals surface area contributed by atoms with Crippen LogP contribution in [0.15, 0.2) is 88.7 Å². The Bertz CT molecular complexity index is 1690. The molecule has 1 aromatic heterocycles. The van der Waals surface area contributed by atoms with Crippen LogP contribution in [0.1, 0.15) is 27.3 Å². The summed E-state index contributed by atoms with van der Waals surface area (Å²) in [6.07, 6.45) is 0. The van der Waals surface area contributed by atoms with E-state index in [1.165, 1.54) is 48.5 Å². The summed E-state index contributed by atoms with van der Waals surface area (Å²) in [4.78, 5) is 21.1. The van der Waals surface area contributed by atoms with Gasteiger partial charge in [0, 0.05) is 22.6 Å². The summed E-state index contributed by atoms with van der Waals surface area (Å²) in [5.41, 5.74) is 2.84. The van der Waals surface area contributed by atoms with E-state index in [1.807, 2.05) is 0 Å².